The highest BCUT2D eigenvalue weighted by atomic mass is 32.2. The summed E-state index contributed by atoms with van der Waals surface area (Å²) in [5.41, 5.74) is 2.27. The predicted molar refractivity (Wildman–Crippen MR) is 88.7 cm³/mol. The zero-order valence-corrected chi connectivity index (χ0v) is 15.2. The zero-order chi connectivity index (χ0) is 17.2. The van der Waals surface area contributed by atoms with Gasteiger partial charge in [0.1, 0.15) is 4.90 Å². The minimum atomic E-state index is -3.56. The molecular weight excluding hydrogens is 314 g/mol. The number of hydrogen-bond donors (Lipinski definition) is 1. The van der Waals surface area contributed by atoms with E-state index in [2.05, 4.69) is 14.9 Å². The molecule has 0 saturated carbocycles. The number of rotatable bonds is 7. The van der Waals surface area contributed by atoms with E-state index >= 15 is 0 Å². The minimum absolute atomic E-state index is 0.130. The lowest BCUT2D eigenvalue weighted by Gasteiger charge is -2.14. The Hall–Kier alpha value is -1.67. The molecule has 8 heteroatoms. The van der Waals surface area contributed by atoms with Crippen molar-refractivity contribution in [1.82, 2.24) is 24.3 Å². The predicted octanol–water partition coefficient (Wildman–Crippen LogP) is 1.64. The quantitative estimate of drug-likeness (QED) is 0.831. The highest BCUT2D eigenvalue weighted by Gasteiger charge is 2.24. The van der Waals surface area contributed by atoms with Gasteiger partial charge in [-0.2, -0.15) is 10.2 Å². The molecule has 1 atom stereocenters. The molecule has 0 radical (unpaired) electrons. The van der Waals surface area contributed by atoms with Crippen molar-refractivity contribution < 1.29 is 8.42 Å². The minimum Gasteiger partial charge on any atom is -0.270 e. The first kappa shape index (κ1) is 17.7. The first-order chi connectivity index (χ1) is 10.8. The fourth-order valence-corrected chi connectivity index (χ4v) is 4.22. The van der Waals surface area contributed by atoms with Gasteiger partial charge in [0.15, 0.2) is 0 Å². The Kier molecular flexibility index (Phi) is 5.26. The van der Waals surface area contributed by atoms with Crippen molar-refractivity contribution >= 4 is 10.0 Å². The lowest BCUT2D eigenvalue weighted by molar-refractivity contribution is 0.437. The molecule has 0 aliphatic heterocycles. The number of nitrogens with zero attached hydrogens (tertiary/aromatic N) is 4. The summed E-state index contributed by atoms with van der Waals surface area (Å²) in [7, 11) is -3.56. The van der Waals surface area contributed by atoms with E-state index < -0.39 is 10.0 Å². The Morgan fingerprint density at radius 1 is 1.26 bits per heavy atom. The molecule has 0 fully saturated rings. The molecule has 2 rings (SSSR count). The first-order valence-electron chi connectivity index (χ1n) is 7.78. The van der Waals surface area contributed by atoms with Gasteiger partial charge >= 0.3 is 0 Å². The highest BCUT2D eigenvalue weighted by molar-refractivity contribution is 7.89. The topological polar surface area (TPSA) is 81.8 Å². The monoisotopic (exact) mass is 339 g/mol. The van der Waals surface area contributed by atoms with Crippen molar-refractivity contribution in [2.45, 2.75) is 52.6 Å². The van der Waals surface area contributed by atoms with Crippen LogP contribution in [0.4, 0.5) is 0 Å². The summed E-state index contributed by atoms with van der Waals surface area (Å²) in [6, 6.07) is 1.93. The maximum absolute atomic E-state index is 12.6. The van der Waals surface area contributed by atoms with Crippen molar-refractivity contribution in [3.05, 3.63) is 29.3 Å². The van der Waals surface area contributed by atoms with Gasteiger partial charge in [-0.3, -0.25) is 9.36 Å². The van der Waals surface area contributed by atoms with Gasteiger partial charge in [-0.25, -0.2) is 13.1 Å². The summed E-state index contributed by atoms with van der Waals surface area (Å²) < 4.78 is 31.5. The standard InChI is InChI=1S/C15H25N5O2S/c1-6-19-14(5)15(13(4)18-19)23(21,22)17-9-11(2)10-20-12(3)7-8-16-20/h7-8,11,17H,6,9-10H2,1-5H3. The molecule has 2 aromatic heterocycles. The normalized spacial score (nSPS) is 13.4. The molecule has 0 aromatic carbocycles. The van der Waals surface area contributed by atoms with Gasteiger partial charge in [-0.05, 0) is 39.7 Å². The highest BCUT2D eigenvalue weighted by Crippen LogP contribution is 2.19. The van der Waals surface area contributed by atoms with Crippen LogP contribution in [0.3, 0.4) is 0 Å². The second-order valence-corrected chi connectivity index (χ2v) is 7.63. The molecule has 0 bridgehead atoms. The van der Waals surface area contributed by atoms with Crippen molar-refractivity contribution in [2.24, 2.45) is 5.92 Å². The Labute approximate surface area is 137 Å². The molecule has 1 N–H and O–H groups in total. The molecule has 2 heterocycles. The molecule has 0 spiro atoms. The zero-order valence-electron chi connectivity index (χ0n) is 14.4. The van der Waals surface area contributed by atoms with Crippen LogP contribution in [-0.4, -0.2) is 34.5 Å². The second-order valence-electron chi connectivity index (χ2n) is 5.93. The molecule has 23 heavy (non-hydrogen) atoms. The van der Waals surface area contributed by atoms with Gasteiger partial charge in [0.05, 0.1) is 11.4 Å². The van der Waals surface area contributed by atoms with E-state index in [1.807, 2.05) is 31.5 Å². The van der Waals surface area contributed by atoms with E-state index in [0.717, 1.165) is 5.69 Å². The maximum Gasteiger partial charge on any atom is 0.244 e. The Balaban J connectivity index is 2.07. The van der Waals surface area contributed by atoms with Gasteiger partial charge in [-0.1, -0.05) is 6.92 Å². The van der Waals surface area contributed by atoms with Crippen LogP contribution in [-0.2, 0) is 23.1 Å². The molecule has 0 amide bonds. The van der Waals surface area contributed by atoms with E-state index in [-0.39, 0.29) is 5.92 Å². The number of hydrogen-bond acceptors (Lipinski definition) is 4. The summed E-state index contributed by atoms with van der Waals surface area (Å²) in [6.45, 7) is 11.1. The number of aromatic nitrogens is 4. The van der Waals surface area contributed by atoms with Crippen LogP contribution >= 0.6 is 0 Å². The average molecular weight is 339 g/mol. The molecule has 2 aromatic rings. The van der Waals surface area contributed by atoms with E-state index in [0.29, 0.717) is 35.9 Å². The Bertz CT molecular complexity index is 776. The lowest BCUT2D eigenvalue weighted by Crippen LogP contribution is -2.31. The second kappa shape index (κ2) is 6.84. The Morgan fingerprint density at radius 2 is 1.96 bits per heavy atom. The van der Waals surface area contributed by atoms with Gasteiger partial charge < -0.3 is 0 Å². The third kappa shape index (κ3) is 3.81. The van der Waals surface area contributed by atoms with Crippen LogP contribution < -0.4 is 4.72 Å². The van der Waals surface area contributed by atoms with Gasteiger partial charge in [0.2, 0.25) is 10.0 Å². The third-order valence-electron chi connectivity index (χ3n) is 3.92. The number of sulfonamides is 1. The summed E-state index contributed by atoms with van der Waals surface area (Å²) in [5.74, 6) is 0.130. The number of aryl methyl sites for hydroxylation is 3. The van der Waals surface area contributed by atoms with E-state index in [1.54, 1.807) is 24.7 Å². The van der Waals surface area contributed by atoms with Gasteiger partial charge in [-0.15, -0.1) is 0 Å². The molecule has 1 unspecified atom stereocenters. The van der Waals surface area contributed by atoms with Crippen LogP contribution in [0.1, 0.15) is 30.9 Å². The van der Waals surface area contributed by atoms with Gasteiger partial charge in [0, 0.05) is 31.5 Å². The first-order valence-corrected chi connectivity index (χ1v) is 9.26. The van der Waals surface area contributed by atoms with Crippen molar-refractivity contribution in [1.29, 1.82) is 0 Å². The fraction of sp³-hybridized carbons (Fsp3) is 0.600. The smallest absolute Gasteiger partial charge is 0.244 e. The van der Waals surface area contributed by atoms with Crippen LogP contribution in [0.15, 0.2) is 17.2 Å². The van der Waals surface area contributed by atoms with E-state index in [4.69, 9.17) is 0 Å². The molecule has 0 saturated heterocycles. The Morgan fingerprint density at radius 3 is 2.48 bits per heavy atom. The van der Waals surface area contributed by atoms with E-state index in [9.17, 15) is 8.42 Å². The van der Waals surface area contributed by atoms with Crippen LogP contribution in [0.25, 0.3) is 0 Å². The molecular formula is C15H25N5O2S. The van der Waals surface area contributed by atoms with Crippen molar-refractivity contribution in [2.75, 3.05) is 6.54 Å². The third-order valence-corrected chi connectivity index (χ3v) is 5.59. The van der Waals surface area contributed by atoms with Crippen molar-refractivity contribution in [3.8, 4) is 0 Å². The van der Waals surface area contributed by atoms with Crippen LogP contribution in [0, 0.1) is 26.7 Å². The maximum atomic E-state index is 12.6. The molecule has 7 nitrogen and oxygen atoms in total. The largest absolute Gasteiger partial charge is 0.270 e. The molecule has 0 aliphatic rings. The van der Waals surface area contributed by atoms with Crippen molar-refractivity contribution in [3.63, 3.8) is 0 Å². The lowest BCUT2D eigenvalue weighted by atomic mass is 10.2. The van der Waals surface area contributed by atoms with Crippen LogP contribution in [0.2, 0.25) is 0 Å². The summed E-state index contributed by atoms with van der Waals surface area (Å²) in [6.07, 6.45) is 1.75. The fourth-order valence-electron chi connectivity index (χ4n) is 2.65. The molecule has 128 valence electrons. The van der Waals surface area contributed by atoms with Crippen LogP contribution in [0.5, 0.6) is 0 Å². The number of nitrogens with one attached hydrogen (secondary N) is 1. The molecule has 0 aliphatic carbocycles. The van der Waals surface area contributed by atoms with E-state index in [1.165, 1.54) is 0 Å². The van der Waals surface area contributed by atoms with Gasteiger partial charge in [0.25, 0.3) is 0 Å². The summed E-state index contributed by atoms with van der Waals surface area (Å²) in [4.78, 5) is 0.293. The average Bonchev–Trinajstić information content (AvgIpc) is 3.00. The summed E-state index contributed by atoms with van der Waals surface area (Å²) in [5, 5.41) is 8.50. The SMILES string of the molecule is CCn1nc(C)c(S(=O)(=O)NCC(C)Cn2nccc2C)c1C. The summed E-state index contributed by atoms with van der Waals surface area (Å²) >= 11 is 0.